The molecule has 0 aliphatic heterocycles. The fourth-order valence-corrected chi connectivity index (χ4v) is 9.52. The van der Waals surface area contributed by atoms with E-state index in [1.807, 2.05) is 0 Å². The second-order valence-electron chi connectivity index (χ2n) is 14.1. The van der Waals surface area contributed by atoms with Gasteiger partial charge in [-0.1, -0.05) is 27.7 Å². The Kier molecular flexibility index (Phi) is 6.16. The van der Waals surface area contributed by atoms with Gasteiger partial charge in [0.15, 0.2) is 5.82 Å². The summed E-state index contributed by atoms with van der Waals surface area (Å²) in [6, 6.07) is 6.69. The highest BCUT2D eigenvalue weighted by molar-refractivity contribution is 5.59. The van der Waals surface area contributed by atoms with Crippen molar-refractivity contribution in [3.63, 3.8) is 0 Å². The van der Waals surface area contributed by atoms with Crippen LogP contribution in [0.2, 0.25) is 0 Å². The zero-order chi connectivity index (χ0) is 25.9. The molecule has 5 heteroatoms. The van der Waals surface area contributed by atoms with E-state index in [4.69, 9.17) is 15.0 Å². The molecule has 0 saturated heterocycles. The van der Waals surface area contributed by atoms with E-state index in [2.05, 4.69) is 33.8 Å². The van der Waals surface area contributed by atoms with Crippen LogP contribution in [0.5, 0.6) is 0 Å². The van der Waals surface area contributed by atoms with Crippen molar-refractivity contribution in [3.05, 3.63) is 41.2 Å². The van der Waals surface area contributed by atoms with Crippen molar-refractivity contribution in [2.45, 2.75) is 103 Å². The first-order chi connectivity index (χ1) is 17.6. The Balaban J connectivity index is 1.50. The smallest absolute Gasteiger partial charge is 0.166 e. The van der Waals surface area contributed by atoms with Gasteiger partial charge in [-0.2, -0.15) is 5.26 Å². The lowest BCUT2D eigenvalue weighted by molar-refractivity contribution is 0.0688. The molecule has 6 rings (SSSR count). The topological polar surface area (TPSA) is 62.5 Å². The van der Waals surface area contributed by atoms with Crippen LogP contribution in [0, 0.1) is 52.7 Å². The van der Waals surface area contributed by atoms with Gasteiger partial charge in [-0.15, -0.1) is 0 Å². The second-order valence-corrected chi connectivity index (χ2v) is 14.1. The number of aromatic nitrogens is 3. The summed E-state index contributed by atoms with van der Waals surface area (Å²) >= 11 is 0. The van der Waals surface area contributed by atoms with Crippen molar-refractivity contribution in [2.75, 3.05) is 0 Å². The molecule has 4 aliphatic carbocycles. The summed E-state index contributed by atoms with van der Waals surface area (Å²) in [5, 5.41) is 9.52. The van der Waals surface area contributed by atoms with E-state index in [1.54, 1.807) is 6.07 Å². The number of rotatable bonds is 3. The molecule has 196 valence electrons. The summed E-state index contributed by atoms with van der Waals surface area (Å²) in [6.45, 7) is 9.50. The van der Waals surface area contributed by atoms with Crippen molar-refractivity contribution >= 4 is 0 Å². The van der Waals surface area contributed by atoms with E-state index >= 15 is 4.39 Å². The van der Waals surface area contributed by atoms with E-state index in [0.717, 1.165) is 49.7 Å². The predicted molar refractivity (Wildman–Crippen MR) is 143 cm³/mol. The fraction of sp³-hybridized carbons (Fsp3) is 0.688. The molecule has 1 aromatic carbocycles. The Morgan fingerprint density at radius 2 is 1.38 bits per heavy atom. The summed E-state index contributed by atoms with van der Waals surface area (Å²) < 4.78 is 15.2. The molecule has 4 bridgehead atoms. The predicted octanol–water partition coefficient (Wildman–Crippen LogP) is 7.76. The average Bonchev–Trinajstić information content (AvgIpc) is 2.82. The van der Waals surface area contributed by atoms with Crippen LogP contribution in [0.15, 0.2) is 18.2 Å². The van der Waals surface area contributed by atoms with Crippen molar-refractivity contribution in [2.24, 2.45) is 35.5 Å². The Morgan fingerprint density at radius 1 is 0.784 bits per heavy atom. The van der Waals surface area contributed by atoms with E-state index in [9.17, 15) is 5.26 Å². The summed E-state index contributed by atoms with van der Waals surface area (Å²) in [4.78, 5) is 15.5. The standard InChI is InChI=1S/C32H41FN4/c1-19-7-24-11-25(8-19)16-31(4,15-24)29-35-28(26-12-22(18-34)5-6-27(26)33)36-30(37-29)32-13-20(2)9-23(17-32)10-21(3)14-32/h5-6,12,19-21,23-25H,7-11,13-17H2,1-4H3. The van der Waals surface area contributed by atoms with Crippen LogP contribution < -0.4 is 0 Å². The summed E-state index contributed by atoms with van der Waals surface area (Å²) in [7, 11) is 0. The lowest BCUT2D eigenvalue weighted by atomic mass is 9.56. The second kappa shape index (κ2) is 9.14. The summed E-state index contributed by atoms with van der Waals surface area (Å²) in [5.41, 5.74) is 0.576. The van der Waals surface area contributed by atoms with Gasteiger partial charge in [0.1, 0.15) is 17.5 Å². The number of benzene rings is 1. The quantitative estimate of drug-likeness (QED) is 0.432. The minimum atomic E-state index is -0.369. The molecule has 4 nitrogen and oxygen atoms in total. The molecule has 4 atom stereocenters. The van der Waals surface area contributed by atoms with Crippen LogP contribution in [0.25, 0.3) is 11.4 Å². The van der Waals surface area contributed by atoms with Crippen LogP contribution in [0.1, 0.15) is 109 Å². The normalized spacial score (nSPS) is 39.1. The third-order valence-electron chi connectivity index (χ3n) is 10.2. The molecule has 0 N–H and O–H groups in total. The Hall–Kier alpha value is -2.35. The maximum atomic E-state index is 15.2. The van der Waals surface area contributed by atoms with E-state index in [1.165, 1.54) is 44.2 Å². The van der Waals surface area contributed by atoms with Gasteiger partial charge in [0.2, 0.25) is 0 Å². The van der Waals surface area contributed by atoms with Gasteiger partial charge < -0.3 is 0 Å². The molecule has 4 aliphatic rings. The van der Waals surface area contributed by atoms with E-state index in [0.29, 0.717) is 46.5 Å². The molecule has 0 radical (unpaired) electrons. The SMILES string of the molecule is CC1CC2CC(C1)CC(C)(c1nc(-c3cc(C#N)ccc3F)nc(C34CC(C)CC(CC(C)C3)C4)n1)C2. The van der Waals surface area contributed by atoms with Gasteiger partial charge in [0, 0.05) is 10.8 Å². The van der Waals surface area contributed by atoms with Crippen molar-refractivity contribution < 1.29 is 4.39 Å². The molecule has 2 aromatic rings. The van der Waals surface area contributed by atoms with E-state index in [-0.39, 0.29) is 16.6 Å². The van der Waals surface area contributed by atoms with Gasteiger partial charge in [0.05, 0.1) is 17.2 Å². The average molecular weight is 501 g/mol. The zero-order valence-corrected chi connectivity index (χ0v) is 22.9. The van der Waals surface area contributed by atoms with Gasteiger partial charge >= 0.3 is 0 Å². The molecule has 1 heterocycles. The lowest BCUT2D eigenvalue weighted by Gasteiger charge is -2.49. The molecule has 4 saturated carbocycles. The largest absolute Gasteiger partial charge is 0.217 e. The van der Waals surface area contributed by atoms with Crippen molar-refractivity contribution in [1.82, 2.24) is 15.0 Å². The maximum Gasteiger partial charge on any atom is 0.166 e. The Morgan fingerprint density at radius 3 is 2.03 bits per heavy atom. The van der Waals surface area contributed by atoms with Crippen LogP contribution >= 0.6 is 0 Å². The number of hydrogen-bond acceptors (Lipinski definition) is 4. The summed E-state index contributed by atoms with van der Waals surface area (Å²) in [6.07, 6.45) is 12.0. The molecular weight excluding hydrogens is 459 g/mol. The number of halogens is 1. The van der Waals surface area contributed by atoms with Crippen LogP contribution in [-0.4, -0.2) is 15.0 Å². The first-order valence-corrected chi connectivity index (χ1v) is 14.6. The molecule has 4 fully saturated rings. The third kappa shape index (κ3) is 4.59. The number of nitriles is 1. The number of nitrogens with zero attached hydrogens (tertiary/aromatic N) is 4. The van der Waals surface area contributed by atoms with Gasteiger partial charge in [-0.05, 0) is 118 Å². The first-order valence-electron chi connectivity index (χ1n) is 14.6. The maximum absolute atomic E-state index is 15.2. The molecule has 37 heavy (non-hydrogen) atoms. The highest BCUT2D eigenvalue weighted by atomic mass is 19.1. The highest BCUT2D eigenvalue weighted by Crippen LogP contribution is 2.55. The van der Waals surface area contributed by atoms with Gasteiger partial charge in [-0.3, -0.25) is 0 Å². The van der Waals surface area contributed by atoms with Gasteiger partial charge in [0.25, 0.3) is 0 Å². The minimum absolute atomic E-state index is 0.0643. The third-order valence-corrected chi connectivity index (χ3v) is 10.2. The Bertz CT molecular complexity index is 1190. The molecule has 0 spiro atoms. The van der Waals surface area contributed by atoms with E-state index < -0.39 is 0 Å². The van der Waals surface area contributed by atoms with Crippen LogP contribution in [-0.2, 0) is 10.8 Å². The lowest BCUT2D eigenvalue weighted by Crippen LogP contribution is -2.45. The monoisotopic (exact) mass is 500 g/mol. The zero-order valence-electron chi connectivity index (χ0n) is 22.9. The number of hydrogen-bond donors (Lipinski definition) is 0. The van der Waals surface area contributed by atoms with Crippen LogP contribution in [0.4, 0.5) is 4.39 Å². The molecule has 1 aromatic heterocycles. The fourth-order valence-electron chi connectivity index (χ4n) is 9.52. The first kappa shape index (κ1) is 25.0. The molecule has 0 amide bonds. The molecular formula is C32H41FN4. The van der Waals surface area contributed by atoms with Gasteiger partial charge in [-0.25, -0.2) is 19.3 Å². The molecule has 4 unspecified atom stereocenters. The Labute approximate surface area is 221 Å². The van der Waals surface area contributed by atoms with Crippen molar-refractivity contribution in [1.29, 1.82) is 5.26 Å². The minimum Gasteiger partial charge on any atom is -0.217 e. The van der Waals surface area contributed by atoms with Crippen LogP contribution in [0.3, 0.4) is 0 Å². The highest BCUT2D eigenvalue weighted by Gasteiger charge is 2.49. The number of fused-ring (bicyclic) bond motifs is 4. The van der Waals surface area contributed by atoms with Crippen molar-refractivity contribution in [3.8, 4) is 17.5 Å². The summed E-state index contributed by atoms with van der Waals surface area (Å²) in [5.74, 6) is 6.00.